The summed E-state index contributed by atoms with van der Waals surface area (Å²) in [6.07, 6.45) is 17.1. The van der Waals surface area contributed by atoms with E-state index >= 15 is 0 Å². The summed E-state index contributed by atoms with van der Waals surface area (Å²) in [4.78, 5) is 0. The maximum atomic E-state index is 5.72. The molecular formula is C16H30O2. The molecule has 0 spiro atoms. The second-order valence-corrected chi connectivity index (χ2v) is 5.39. The molecule has 18 heavy (non-hydrogen) atoms. The zero-order chi connectivity index (χ0) is 13.1. The van der Waals surface area contributed by atoms with Crippen molar-refractivity contribution in [3.63, 3.8) is 0 Å². The second-order valence-electron chi connectivity index (χ2n) is 5.39. The van der Waals surface area contributed by atoms with E-state index in [-0.39, 0.29) is 5.79 Å². The summed E-state index contributed by atoms with van der Waals surface area (Å²) in [7, 11) is 0. The minimum atomic E-state index is -0.319. The fraction of sp³-hybridized carbons (Fsp3) is 0.875. The largest absolute Gasteiger partial charge is 0.457 e. The Bertz CT molecular complexity index is 215. The van der Waals surface area contributed by atoms with Crippen molar-refractivity contribution in [2.75, 3.05) is 0 Å². The first-order valence-electron chi connectivity index (χ1n) is 7.83. The molecule has 106 valence electrons. The molecule has 2 nitrogen and oxygen atoms in total. The molecule has 0 atom stereocenters. The monoisotopic (exact) mass is 254 g/mol. The normalized spacial score (nSPS) is 16.6. The third-order valence-corrected chi connectivity index (χ3v) is 3.69. The van der Waals surface area contributed by atoms with Crippen LogP contribution in [0.1, 0.15) is 84.5 Å². The third-order valence-electron chi connectivity index (χ3n) is 3.69. The lowest BCUT2D eigenvalue weighted by molar-refractivity contribution is -0.153. The molecule has 0 aromatic heterocycles. The van der Waals surface area contributed by atoms with Crippen molar-refractivity contribution in [2.24, 2.45) is 0 Å². The van der Waals surface area contributed by atoms with E-state index in [0.717, 1.165) is 12.8 Å². The van der Waals surface area contributed by atoms with Gasteiger partial charge in [-0.15, -0.1) is 0 Å². The van der Waals surface area contributed by atoms with Gasteiger partial charge in [-0.2, -0.15) is 0 Å². The quantitative estimate of drug-likeness (QED) is 0.451. The smallest absolute Gasteiger partial charge is 0.249 e. The van der Waals surface area contributed by atoms with Crippen LogP contribution in [0.15, 0.2) is 12.5 Å². The first-order valence-corrected chi connectivity index (χ1v) is 7.83. The van der Waals surface area contributed by atoms with Crippen LogP contribution in [0.4, 0.5) is 0 Å². The fourth-order valence-corrected chi connectivity index (χ4v) is 2.51. The van der Waals surface area contributed by atoms with Crippen LogP contribution in [0.2, 0.25) is 0 Å². The van der Waals surface area contributed by atoms with E-state index in [1.807, 2.05) is 0 Å². The third kappa shape index (κ3) is 5.79. The standard InChI is InChI=1S/C16H30O2/c1-3-5-7-9-11-13-16(17-14-15-18-16)12-10-8-6-4-2/h14-15H,3-13H2,1-2H3. The van der Waals surface area contributed by atoms with Crippen LogP contribution in [-0.4, -0.2) is 5.79 Å². The van der Waals surface area contributed by atoms with Gasteiger partial charge in [0, 0.05) is 12.8 Å². The Morgan fingerprint density at radius 1 is 0.667 bits per heavy atom. The molecular weight excluding hydrogens is 224 g/mol. The van der Waals surface area contributed by atoms with Gasteiger partial charge < -0.3 is 9.47 Å². The molecule has 1 aliphatic rings. The summed E-state index contributed by atoms with van der Waals surface area (Å²) >= 11 is 0. The topological polar surface area (TPSA) is 18.5 Å². The molecule has 1 aliphatic heterocycles. The lowest BCUT2D eigenvalue weighted by Gasteiger charge is -2.28. The second kappa shape index (κ2) is 9.29. The van der Waals surface area contributed by atoms with Crippen molar-refractivity contribution in [3.8, 4) is 0 Å². The highest BCUT2D eigenvalue weighted by Crippen LogP contribution is 2.32. The Balaban J connectivity index is 2.16. The Labute approximate surface area is 113 Å². The van der Waals surface area contributed by atoms with Crippen LogP contribution in [0, 0.1) is 0 Å². The van der Waals surface area contributed by atoms with E-state index in [4.69, 9.17) is 9.47 Å². The average Bonchev–Trinajstić information content (AvgIpc) is 2.84. The van der Waals surface area contributed by atoms with Gasteiger partial charge in [-0.25, -0.2) is 0 Å². The van der Waals surface area contributed by atoms with Crippen molar-refractivity contribution in [2.45, 2.75) is 90.3 Å². The van der Waals surface area contributed by atoms with E-state index < -0.39 is 0 Å². The van der Waals surface area contributed by atoms with Crippen molar-refractivity contribution in [1.82, 2.24) is 0 Å². The molecule has 1 heterocycles. The van der Waals surface area contributed by atoms with Gasteiger partial charge in [0.1, 0.15) is 12.5 Å². The summed E-state index contributed by atoms with van der Waals surface area (Å²) in [5.74, 6) is -0.319. The molecule has 0 radical (unpaired) electrons. The number of rotatable bonds is 11. The Morgan fingerprint density at radius 3 is 1.61 bits per heavy atom. The van der Waals surface area contributed by atoms with E-state index in [9.17, 15) is 0 Å². The molecule has 0 aromatic carbocycles. The molecule has 0 fully saturated rings. The Morgan fingerprint density at radius 2 is 1.11 bits per heavy atom. The Hall–Kier alpha value is -0.660. The fourth-order valence-electron chi connectivity index (χ4n) is 2.51. The SMILES string of the molecule is CCCCCCCC1(CCCCCC)OC=CO1. The van der Waals surface area contributed by atoms with Gasteiger partial charge in [0.25, 0.3) is 0 Å². The van der Waals surface area contributed by atoms with Crippen molar-refractivity contribution in [3.05, 3.63) is 12.5 Å². The molecule has 0 amide bonds. The summed E-state index contributed by atoms with van der Waals surface area (Å²) in [6, 6.07) is 0. The summed E-state index contributed by atoms with van der Waals surface area (Å²) in [6.45, 7) is 4.50. The van der Waals surface area contributed by atoms with Gasteiger partial charge in [0.2, 0.25) is 5.79 Å². The zero-order valence-electron chi connectivity index (χ0n) is 12.2. The van der Waals surface area contributed by atoms with Crippen LogP contribution in [0.5, 0.6) is 0 Å². The molecule has 0 N–H and O–H groups in total. The van der Waals surface area contributed by atoms with Crippen molar-refractivity contribution < 1.29 is 9.47 Å². The van der Waals surface area contributed by atoms with Crippen LogP contribution in [-0.2, 0) is 9.47 Å². The molecule has 1 rings (SSSR count). The number of ether oxygens (including phenoxy) is 2. The Kier molecular flexibility index (Phi) is 7.95. The first kappa shape index (κ1) is 15.4. The molecule has 2 heteroatoms. The number of hydrogen-bond donors (Lipinski definition) is 0. The maximum absolute atomic E-state index is 5.72. The van der Waals surface area contributed by atoms with E-state index in [0.29, 0.717) is 0 Å². The summed E-state index contributed by atoms with van der Waals surface area (Å²) in [5, 5.41) is 0. The molecule has 0 unspecified atom stereocenters. The first-order chi connectivity index (χ1) is 8.83. The lowest BCUT2D eigenvalue weighted by Crippen LogP contribution is -2.29. The lowest BCUT2D eigenvalue weighted by atomic mass is 9.99. The van der Waals surface area contributed by atoms with Crippen molar-refractivity contribution in [1.29, 1.82) is 0 Å². The molecule has 0 saturated heterocycles. The summed E-state index contributed by atoms with van der Waals surface area (Å²) in [5.41, 5.74) is 0. The van der Waals surface area contributed by atoms with E-state index in [1.165, 1.54) is 57.8 Å². The maximum Gasteiger partial charge on any atom is 0.249 e. The van der Waals surface area contributed by atoms with Gasteiger partial charge in [-0.1, -0.05) is 58.8 Å². The van der Waals surface area contributed by atoms with Gasteiger partial charge in [-0.3, -0.25) is 0 Å². The van der Waals surface area contributed by atoms with Crippen LogP contribution in [0.3, 0.4) is 0 Å². The highest BCUT2D eigenvalue weighted by atomic mass is 16.7. The highest BCUT2D eigenvalue weighted by Gasteiger charge is 2.34. The van der Waals surface area contributed by atoms with Gasteiger partial charge in [-0.05, 0) is 12.8 Å². The van der Waals surface area contributed by atoms with Gasteiger partial charge in [0.15, 0.2) is 0 Å². The number of unbranched alkanes of at least 4 members (excludes halogenated alkanes) is 7. The van der Waals surface area contributed by atoms with Crippen LogP contribution in [0.25, 0.3) is 0 Å². The summed E-state index contributed by atoms with van der Waals surface area (Å²) < 4.78 is 11.4. The molecule has 0 aliphatic carbocycles. The minimum Gasteiger partial charge on any atom is -0.457 e. The van der Waals surface area contributed by atoms with E-state index in [2.05, 4.69) is 13.8 Å². The zero-order valence-corrected chi connectivity index (χ0v) is 12.2. The molecule has 0 bridgehead atoms. The van der Waals surface area contributed by atoms with Gasteiger partial charge in [0.05, 0.1) is 0 Å². The molecule has 0 saturated carbocycles. The molecule has 0 aromatic rings. The predicted octanol–water partition coefficient (Wildman–Crippen LogP) is 5.53. The van der Waals surface area contributed by atoms with Crippen LogP contribution < -0.4 is 0 Å². The van der Waals surface area contributed by atoms with Crippen LogP contribution >= 0.6 is 0 Å². The van der Waals surface area contributed by atoms with E-state index in [1.54, 1.807) is 12.5 Å². The van der Waals surface area contributed by atoms with Gasteiger partial charge >= 0.3 is 0 Å². The minimum absolute atomic E-state index is 0.319. The highest BCUT2D eigenvalue weighted by molar-refractivity contribution is 4.83. The van der Waals surface area contributed by atoms with Crippen molar-refractivity contribution >= 4 is 0 Å². The average molecular weight is 254 g/mol. The predicted molar refractivity (Wildman–Crippen MR) is 76.2 cm³/mol. The number of hydrogen-bond acceptors (Lipinski definition) is 2.